The molecule has 0 aliphatic rings. The number of Topliss-reactive ketones (excluding diaryl/α,β-unsaturated/α-hetero) is 2. The van der Waals surface area contributed by atoms with Gasteiger partial charge in [0.2, 0.25) is 0 Å². The molecule has 0 amide bonds. The van der Waals surface area contributed by atoms with Gasteiger partial charge in [-0.25, -0.2) is 0 Å². The average molecular weight is 548 g/mol. The zero-order valence-electron chi connectivity index (χ0n) is 23.4. The van der Waals surface area contributed by atoms with Gasteiger partial charge in [0.15, 0.2) is 17.9 Å². The van der Waals surface area contributed by atoms with Crippen LogP contribution in [0.25, 0.3) is 0 Å². The number of carbonyl (C=O) groups is 4. The van der Waals surface area contributed by atoms with Crippen molar-refractivity contribution in [1.82, 2.24) is 0 Å². The minimum atomic E-state index is -0.209. The van der Waals surface area contributed by atoms with Gasteiger partial charge in [0, 0.05) is 11.1 Å². The van der Waals surface area contributed by atoms with Crippen molar-refractivity contribution in [3.05, 3.63) is 106 Å². The fourth-order valence-corrected chi connectivity index (χ4v) is 3.71. The van der Waals surface area contributed by atoms with Crippen LogP contribution in [0.4, 0.5) is 0 Å². The summed E-state index contributed by atoms with van der Waals surface area (Å²) in [6, 6.07) is 18.8. The molecule has 0 spiro atoms. The van der Waals surface area contributed by atoms with Gasteiger partial charge < -0.3 is 19.7 Å². The fourth-order valence-electron chi connectivity index (χ4n) is 3.71. The number of phenolic OH excluding ortho intramolecular Hbond substituents is 2. The number of benzene rings is 4. The van der Waals surface area contributed by atoms with Gasteiger partial charge >= 0.3 is 18.9 Å². The van der Waals surface area contributed by atoms with Crippen LogP contribution in [0.3, 0.4) is 0 Å². The predicted octanol–water partition coefficient (Wildman–Crippen LogP) is 4.02. The fraction of sp³-hybridized carbons (Fsp3) is 0.125. The van der Waals surface area contributed by atoms with E-state index in [4.69, 9.17) is 9.47 Å². The van der Waals surface area contributed by atoms with Crippen molar-refractivity contribution < 1.29 is 57.7 Å². The van der Waals surface area contributed by atoms with Gasteiger partial charge in [0.1, 0.15) is 40.8 Å². The quantitative estimate of drug-likeness (QED) is 0.192. The number of hydrogen-bond acceptors (Lipinski definition) is 8. The van der Waals surface area contributed by atoms with Crippen molar-refractivity contribution in [2.45, 2.75) is 27.7 Å². The largest absolute Gasteiger partial charge is 1.00 e. The first-order chi connectivity index (χ1) is 19.0. The summed E-state index contributed by atoms with van der Waals surface area (Å²) in [6.07, 6.45) is 1.35. The summed E-state index contributed by atoms with van der Waals surface area (Å²) < 4.78 is 11.2. The Balaban J connectivity index is 0.000000281. The Morgan fingerprint density at radius 3 is 1.71 bits per heavy atom. The van der Waals surface area contributed by atoms with E-state index in [0.29, 0.717) is 46.0 Å². The van der Waals surface area contributed by atoms with E-state index in [1.807, 2.05) is 13.8 Å². The smallest absolute Gasteiger partial charge is 0.508 e. The summed E-state index contributed by atoms with van der Waals surface area (Å²) in [7, 11) is 0. The maximum atomic E-state index is 11.6. The molecule has 0 radical (unpaired) electrons. The second-order valence-electron chi connectivity index (χ2n) is 8.95. The molecule has 4 rings (SSSR count). The van der Waals surface area contributed by atoms with Crippen LogP contribution in [0.1, 0.15) is 66.4 Å². The molecule has 41 heavy (non-hydrogen) atoms. The van der Waals surface area contributed by atoms with Crippen LogP contribution in [0.15, 0.2) is 72.8 Å². The van der Waals surface area contributed by atoms with E-state index >= 15 is 0 Å². The van der Waals surface area contributed by atoms with E-state index in [1.54, 1.807) is 36.4 Å². The Morgan fingerprint density at radius 1 is 0.610 bits per heavy atom. The molecule has 0 aliphatic heterocycles. The monoisotopic (exact) mass is 547 g/mol. The van der Waals surface area contributed by atoms with Crippen molar-refractivity contribution in [2.24, 2.45) is 0 Å². The zero-order chi connectivity index (χ0) is 29.4. The zero-order valence-corrected chi connectivity index (χ0v) is 23.4. The SMILES string of the molecule is CC(=O)c1cc(Oc2ccc(O)cc2C(C)=O)ccc1C.Cc1ccc(Oc2ccc(O)cc2C=O)cc1C=O.[Li+]. The van der Waals surface area contributed by atoms with Crippen LogP contribution in [-0.4, -0.2) is 34.4 Å². The molecule has 0 heterocycles. The molecule has 0 aromatic heterocycles. The molecule has 2 N–H and O–H groups in total. The van der Waals surface area contributed by atoms with Crippen LogP contribution < -0.4 is 28.3 Å². The Kier molecular flexibility index (Phi) is 11.6. The predicted molar refractivity (Wildman–Crippen MR) is 150 cm³/mol. The Labute approximate surface area is 249 Å². The topological polar surface area (TPSA) is 127 Å². The number of aldehydes is 2. The average Bonchev–Trinajstić information content (AvgIpc) is 2.92. The molecular weight excluding hydrogens is 519 g/mol. The van der Waals surface area contributed by atoms with Crippen LogP contribution in [0.5, 0.6) is 34.5 Å². The molecule has 0 aliphatic carbocycles. The number of rotatable bonds is 8. The van der Waals surface area contributed by atoms with Crippen molar-refractivity contribution in [3.63, 3.8) is 0 Å². The van der Waals surface area contributed by atoms with E-state index in [2.05, 4.69) is 0 Å². The van der Waals surface area contributed by atoms with Gasteiger partial charge in [-0.15, -0.1) is 0 Å². The third-order valence-electron chi connectivity index (χ3n) is 5.88. The molecule has 204 valence electrons. The summed E-state index contributed by atoms with van der Waals surface area (Å²) in [5.74, 6) is 1.34. The van der Waals surface area contributed by atoms with Gasteiger partial charge in [0.05, 0.1) is 11.1 Å². The molecule has 4 aromatic rings. The second kappa shape index (κ2) is 14.7. The number of ether oxygens (including phenoxy) is 2. The van der Waals surface area contributed by atoms with Gasteiger partial charge in [-0.2, -0.15) is 0 Å². The second-order valence-corrected chi connectivity index (χ2v) is 8.95. The molecular formula is C32H28LiO8+. The van der Waals surface area contributed by atoms with Crippen LogP contribution in [0.2, 0.25) is 0 Å². The molecule has 0 saturated heterocycles. The van der Waals surface area contributed by atoms with E-state index in [0.717, 1.165) is 17.4 Å². The third-order valence-corrected chi connectivity index (χ3v) is 5.88. The third kappa shape index (κ3) is 8.67. The number of phenols is 2. The molecule has 0 unspecified atom stereocenters. The summed E-state index contributed by atoms with van der Waals surface area (Å²) in [5, 5.41) is 18.7. The number of ketones is 2. The van der Waals surface area contributed by atoms with Gasteiger partial charge in [-0.3, -0.25) is 19.2 Å². The standard InChI is InChI=1S/C17H16O4.C15H12O4.Li/c1-10-4-6-14(9-15(10)11(2)18)21-17-7-5-13(20)8-16(17)12(3)19;1-10-2-4-14(7-11(10)8-16)19-15-5-3-13(18)6-12(15)9-17;/h4-9,20H,1-3H3;2-9,18H,1H3;/q;;+1. The number of carbonyl (C=O) groups excluding carboxylic acids is 4. The normalized spacial score (nSPS) is 9.85. The van der Waals surface area contributed by atoms with Gasteiger partial charge in [-0.1, -0.05) is 12.1 Å². The first-order valence-electron chi connectivity index (χ1n) is 12.2. The summed E-state index contributed by atoms with van der Waals surface area (Å²) >= 11 is 0. The Bertz CT molecular complexity index is 1590. The van der Waals surface area contributed by atoms with E-state index in [1.165, 1.54) is 50.2 Å². The number of aromatic hydroxyl groups is 2. The van der Waals surface area contributed by atoms with Crippen LogP contribution in [-0.2, 0) is 0 Å². The van der Waals surface area contributed by atoms with Crippen molar-refractivity contribution >= 4 is 24.1 Å². The van der Waals surface area contributed by atoms with Gasteiger partial charge in [-0.05, 0) is 99.5 Å². The first-order valence-corrected chi connectivity index (χ1v) is 12.2. The minimum Gasteiger partial charge on any atom is -0.508 e. The van der Waals surface area contributed by atoms with Gasteiger partial charge in [0.25, 0.3) is 0 Å². The first kappa shape index (κ1) is 32.6. The molecule has 0 atom stereocenters. The molecule has 4 aromatic carbocycles. The van der Waals surface area contributed by atoms with Crippen molar-refractivity contribution in [1.29, 1.82) is 0 Å². The Morgan fingerprint density at radius 2 is 1.12 bits per heavy atom. The van der Waals surface area contributed by atoms with E-state index < -0.39 is 0 Å². The van der Waals surface area contributed by atoms with Crippen molar-refractivity contribution in [2.75, 3.05) is 0 Å². The molecule has 0 bridgehead atoms. The molecule has 0 saturated carbocycles. The summed E-state index contributed by atoms with van der Waals surface area (Å²) in [5.41, 5.74) is 3.36. The molecule has 9 heteroatoms. The van der Waals surface area contributed by atoms with Crippen LogP contribution in [0, 0.1) is 13.8 Å². The van der Waals surface area contributed by atoms with E-state index in [-0.39, 0.29) is 47.5 Å². The number of aryl methyl sites for hydroxylation is 2. The van der Waals surface area contributed by atoms with Crippen LogP contribution >= 0.6 is 0 Å². The molecule has 8 nitrogen and oxygen atoms in total. The summed E-state index contributed by atoms with van der Waals surface area (Å²) in [6.45, 7) is 6.57. The Hall–Kier alpha value is -4.64. The maximum absolute atomic E-state index is 11.6. The summed E-state index contributed by atoms with van der Waals surface area (Å²) in [4.78, 5) is 44.9. The number of hydrogen-bond donors (Lipinski definition) is 2. The maximum Gasteiger partial charge on any atom is 1.00 e. The minimum absolute atomic E-state index is 0. The van der Waals surface area contributed by atoms with Crippen molar-refractivity contribution in [3.8, 4) is 34.5 Å². The van der Waals surface area contributed by atoms with E-state index in [9.17, 15) is 29.4 Å². The molecule has 0 fully saturated rings.